The Kier molecular flexibility index (Phi) is 5.93. The van der Waals surface area contributed by atoms with E-state index in [0.29, 0.717) is 18.9 Å². The van der Waals surface area contributed by atoms with E-state index in [9.17, 15) is 4.79 Å². The number of aromatic nitrogens is 3. The van der Waals surface area contributed by atoms with Crippen LogP contribution in [-0.2, 0) is 11.3 Å². The molecule has 0 bridgehead atoms. The smallest absolute Gasteiger partial charge is 0.220 e. The van der Waals surface area contributed by atoms with Crippen molar-refractivity contribution < 1.29 is 9.53 Å². The monoisotopic (exact) mass is 393 g/mol. The third kappa shape index (κ3) is 4.67. The number of carbonyl (C=O) groups excluding carboxylic acids is 1. The summed E-state index contributed by atoms with van der Waals surface area (Å²) >= 11 is 0. The second-order valence-electron chi connectivity index (χ2n) is 7.56. The molecule has 0 unspecified atom stereocenters. The van der Waals surface area contributed by atoms with E-state index in [-0.39, 0.29) is 5.91 Å². The fraction of sp³-hybridized carbons (Fsp3) is 0.409. The molecular weight excluding hydrogens is 366 g/mol. The van der Waals surface area contributed by atoms with Crippen molar-refractivity contribution in [2.75, 3.05) is 25.1 Å². The quantitative estimate of drug-likeness (QED) is 0.644. The van der Waals surface area contributed by atoms with Crippen LogP contribution in [0.3, 0.4) is 0 Å². The zero-order valence-corrected chi connectivity index (χ0v) is 16.7. The van der Waals surface area contributed by atoms with Gasteiger partial charge in [0.2, 0.25) is 5.91 Å². The number of hydrogen-bond donors (Lipinski definition) is 2. The Balaban J connectivity index is 1.28. The van der Waals surface area contributed by atoms with Gasteiger partial charge in [0.05, 0.1) is 12.5 Å². The van der Waals surface area contributed by atoms with Crippen molar-refractivity contribution in [3.63, 3.8) is 0 Å². The first-order chi connectivity index (χ1) is 14.2. The fourth-order valence-corrected chi connectivity index (χ4v) is 4.01. The molecule has 3 aromatic rings. The molecule has 152 valence electrons. The highest BCUT2D eigenvalue weighted by Gasteiger charge is 2.23. The molecule has 1 aliphatic heterocycles. The summed E-state index contributed by atoms with van der Waals surface area (Å²) in [4.78, 5) is 26.6. The second-order valence-corrected chi connectivity index (χ2v) is 7.56. The summed E-state index contributed by atoms with van der Waals surface area (Å²) in [5.41, 5.74) is 1.91. The molecule has 3 heterocycles. The minimum atomic E-state index is 0.0972. The van der Waals surface area contributed by atoms with Crippen molar-refractivity contribution in [2.45, 2.75) is 32.2 Å². The van der Waals surface area contributed by atoms with E-state index < -0.39 is 0 Å². The van der Waals surface area contributed by atoms with Crippen LogP contribution in [0.4, 0.5) is 5.82 Å². The lowest BCUT2D eigenvalue weighted by Gasteiger charge is -2.33. The summed E-state index contributed by atoms with van der Waals surface area (Å²) in [6, 6.07) is 9.80. The molecule has 4 rings (SSSR count). The Hall–Kier alpha value is -3.09. The molecule has 7 heteroatoms. The minimum Gasteiger partial charge on any atom is -0.497 e. The lowest BCUT2D eigenvalue weighted by atomic mass is 9.93. The van der Waals surface area contributed by atoms with E-state index in [2.05, 4.69) is 25.2 Å². The zero-order valence-electron chi connectivity index (χ0n) is 16.7. The number of hydrogen-bond acceptors (Lipinski definition) is 5. The van der Waals surface area contributed by atoms with Gasteiger partial charge in [-0.3, -0.25) is 4.79 Å². The second kappa shape index (κ2) is 8.94. The number of H-pyrrole nitrogens is 1. The van der Waals surface area contributed by atoms with Crippen LogP contribution in [0.5, 0.6) is 5.75 Å². The normalized spacial score (nSPS) is 16.7. The van der Waals surface area contributed by atoms with Gasteiger partial charge < -0.3 is 19.9 Å². The number of fused-ring (bicyclic) bond motifs is 1. The van der Waals surface area contributed by atoms with E-state index >= 15 is 0 Å². The summed E-state index contributed by atoms with van der Waals surface area (Å²) in [7, 11) is 1.65. The van der Waals surface area contributed by atoms with Crippen molar-refractivity contribution in [1.29, 1.82) is 0 Å². The predicted octanol–water partition coefficient (Wildman–Crippen LogP) is 3.28. The summed E-state index contributed by atoms with van der Waals surface area (Å²) in [5.74, 6) is 2.39. The fourth-order valence-electron chi connectivity index (χ4n) is 4.01. The van der Waals surface area contributed by atoms with Gasteiger partial charge in [0.15, 0.2) is 0 Å². The molecule has 0 aliphatic carbocycles. The van der Waals surface area contributed by atoms with Gasteiger partial charge in [-0.25, -0.2) is 9.97 Å². The number of nitrogens with one attached hydrogen (secondary N) is 2. The van der Waals surface area contributed by atoms with Crippen LogP contribution in [-0.4, -0.2) is 41.1 Å². The highest BCUT2D eigenvalue weighted by atomic mass is 16.5. The first-order valence-corrected chi connectivity index (χ1v) is 10.2. The van der Waals surface area contributed by atoms with E-state index in [1.165, 1.54) is 0 Å². The van der Waals surface area contributed by atoms with Gasteiger partial charge in [-0.15, -0.1) is 0 Å². The van der Waals surface area contributed by atoms with Crippen LogP contribution in [0.25, 0.3) is 11.0 Å². The standard InChI is InChI=1S/C22H27N5O2/c1-29-18-6-2-4-17(12-18)13-24-20(28)8-7-16-5-3-11-27(14-16)22-19-9-10-23-21(19)25-15-26-22/h2,4,6,9-10,12,15-16H,3,5,7-8,11,13-14H2,1H3,(H,24,28)(H,23,25,26)/t16-/m0/s1. The number of methoxy groups -OCH3 is 1. The third-order valence-corrected chi connectivity index (χ3v) is 5.55. The van der Waals surface area contributed by atoms with Gasteiger partial charge in [0.1, 0.15) is 23.5 Å². The van der Waals surface area contributed by atoms with Crippen molar-refractivity contribution in [1.82, 2.24) is 20.3 Å². The topological polar surface area (TPSA) is 83.1 Å². The third-order valence-electron chi connectivity index (χ3n) is 5.55. The van der Waals surface area contributed by atoms with Crippen LogP contribution in [0.15, 0.2) is 42.9 Å². The molecular formula is C22H27N5O2. The minimum absolute atomic E-state index is 0.0972. The lowest BCUT2D eigenvalue weighted by molar-refractivity contribution is -0.121. The van der Waals surface area contributed by atoms with Crippen LogP contribution in [0.1, 0.15) is 31.2 Å². The number of benzene rings is 1. The maximum absolute atomic E-state index is 12.3. The average Bonchev–Trinajstić information content (AvgIpc) is 3.25. The van der Waals surface area contributed by atoms with E-state index in [1.54, 1.807) is 13.4 Å². The summed E-state index contributed by atoms with van der Waals surface area (Å²) in [6.07, 6.45) is 7.22. The van der Waals surface area contributed by atoms with Crippen LogP contribution >= 0.6 is 0 Å². The Morgan fingerprint density at radius 1 is 1.34 bits per heavy atom. The van der Waals surface area contributed by atoms with Crippen LogP contribution < -0.4 is 15.0 Å². The molecule has 0 saturated carbocycles. The van der Waals surface area contributed by atoms with Gasteiger partial charge in [-0.1, -0.05) is 12.1 Å². The molecule has 2 aromatic heterocycles. The van der Waals surface area contributed by atoms with Gasteiger partial charge in [-0.2, -0.15) is 0 Å². The first kappa shape index (κ1) is 19.2. The molecule has 1 amide bonds. The molecule has 1 aromatic carbocycles. The Morgan fingerprint density at radius 3 is 3.17 bits per heavy atom. The Bertz CT molecular complexity index is 971. The van der Waals surface area contributed by atoms with Crippen molar-refractivity contribution >= 4 is 22.8 Å². The van der Waals surface area contributed by atoms with Gasteiger partial charge in [0, 0.05) is 32.3 Å². The number of carbonyl (C=O) groups is 1. The van der Waals surface area contributed by atoms with Crippen molar-refractivity contribution in [2.24, 2.45) is 5.92 Å². The van der Waals surface area contributed by atoms with Crippen molar-refractivity contribution in [3.8, 4) is 5.75 Å². The summed E-state index contributed by atoms with van der Waals surface area (Å²) < 4.78 is 5.23. The molecule has 29 heavy (non-hydrogen) atoms. The maximum Gasteiger partial charge on any atom is 0.220 e. The summed E-state index contributed by atoms with van der Waals surface area (Å²) in [5, 5.41) is 4.08. The van der Waals surface area contributed by atoms with Gasteiger partial charge in [-0.05, 0) is 48.9 Å². The molecule has 0 radical (unpaired) electrons. The number of piperidine rings is 1. The summed E-state index contributed by atoms with van der Waals surface area (Å²) in [6.45, 7) is 2.45. The number of amides is 1. The number of anilines is 1. The molecule has 7 nitrogen and oxygen atoms in total. The molecule has 1 aliphatic rings. The van der Waals surface area contributed by atoms with Gasteiger partial charge >= 0.3 is 0 Å². The van der Waals surface area contributed by atoms with Crippen LogP contribution in [0.2, 0.25) is 0 Å². The maximum atomic E-state index is 12.3. The van der Waals surface area contributed by atoms with Gasteiger partial charge in [0.25, 0.3) is 0 Å². The Morgan fingerprint density at radius 2 is 2.28 bits per heavy atom. The highest BCUT2D eigenvalue weighted by molar-refractivity contribution is 5.87. The first-order valence-electron chi connectivity index (χ1n) is 10.2. The lowest BCUT2D eigenvalue weighted by Crippen LogP contribution is -2.36. The predicted molar refractivity (Wildman–Crippen MR) is 113 cm³/mol. The highest BCUT2D eigenvalue weighted by Crippen LogP contribution is 2.28. The van der Waals surface area contributed by atoms with E-state index in [0.717, 1.165) is 60.5 Å². The number of nitrogens with zero attached hydrogens (tertiary/aromatic N) is 3. The number of ether oxygens (including phenoxy) is 1. The molecule has 1 saturated heterocycles. The molecule has 0 spiro atoms. The average molecular weight is 393 g/mol. The van der Waals surface area contributed by atoms with Crippen LogP contribution in [0, 0.1) is 5.92 Å². The molecule has 1 fully saturated rings. The number of rotatable bonds is 7. The molecule has 1 atom stereocenters. The van der Waals surface area contributed by atoms with E-state index in [1.807, 2.05) is 36.5 Å². The Labute approximate surface area is 170 Å². The SMILES string of the molecule is COc1cccc(CNC(=O)CC[C@@H]2CCCN(c3ncnc4[nH]ccc34)C2)c1. The number of aromatic amines is 1. The molecule has 2 N–H and O–H groups in total. The largest absolute Gasteiger partial charge is 0.497 e. The van der Waals surface area contributed by atoms with E-state index in [4.69, 9.17) is 4.74 Å². The zero-order chi connectivity index (χ0) is 20.1. The van der Waals surface area contributed by atoms with Crippen molar-refractivity contribution in [3.05, 3.63) is 48.4 Å².